The first kappa shape index (κ1) is 86.7. The van der Waals surface area contributed by atoms with Gasteiger partial charge in [-0.25, -0.2) is 42.5 Å². The predicted octanol–water partition coefficient (Wildman–Crippen LogP) is 10.2. The summed E-state index contributed by atoms with van der Waals surface area (Å²) in [6.45, 7) is 35.8. The van der Waals surface area contributed by atoms with E-state index in [9.17, 15) is 28.8 Å². The molecular weight excluding hydrogens is 1630 g/mol. The number of carbonyl (C=O) groups excluding carboxylic acids is 6. The Kier molecular flexibility index (Phi) is 25.7. The number of benzene rings is 1. The lowest BCUT2D eigenvalue weighted by Gasteiger charge is -2.39. The van der Waals surface area contributed by atoms with E-state index in [0.717, 1.165) is 110 Å². The molecule has 6 amide bonds. The van der Waals surface area contributed by atoms with E-state index in [1.54, 1.807) is 76.4 Å². The topological polar surface area (TPSA) is 334 Å². The van der Waals surface area contributed by atoms with Crippen molar-refractivity contribution in [2.24, 2.45) is 20.0 Å². The zero-order valence-electron chi connectivity index (χ0n) is 70.9. The number of anilines is 11. The fraction of sp³-hybridized carbons (Fsp3) is 0.398. The van der Waals surface area contributed by atoms with E-state index in [4.69, 9.17) is 4.74 Å². The highest BCUT2D eigenvalue weighted by Gasteiger charge is 2.46. The minimum atomic E-state index is -0.545. The van der Waals surface area contributed by atoms with E-state index in [1.807, 2.05) is 66.9 Å². The minimum absolute atomic E-state index is 0.00902. The summed E-state index contributed by atoms with van der Waals surface area (Å²) >= 11 is 1.45. The molecule has 18 rings (SSSR count). The maximum atomic E-state index is 15.5. The van der Waals surface area contributed by atoms with Crippen LogP contribution in [0, 0.1) is 36.1 Å². The number of thiazole rings is 1. The fourth-order valence-electron chi connectivity index (χ4n) is 17.8. The molecule has 6 unspecified atom stereocenters. The van der Waals surface area contributed by atoms with Crippen molar-refractivity contribution in [2.45, 2.75) is 115 Å². The zero-order valence-corrected chi connectivity index (χ0v) is 71.7. The Morgan fingerprint density at radius 3 is 1.59 bits per heavy atom. The molecule has 0 aliphatic carbocycles. The molecule has 10 aliphatic heterocycles. The number of hydrogen-bond acceptors (Lipinski definition) is 25. The van der Waals surface area contributed by atoms with Crippen molar-refractivity contribution >= 4 is 110 Å². The molecule has 0 spiro atoms. The number of pyridine rings is 4. The first-order valence-electron chi connectivity index (χ1n) is 41.8. The summed E-state index contributed by atoms with van der Waals surface area (Å²) in [5.41, 5.74) is 7.77. The Morgan fingerprint density at radius 2 is 1.06 bits per heavy atom. The molecule has 6 fully saturated rings. The van der Waals surface area contributed by atoms with Crippen molar-refractivity contribution in [3.63, 3.8) is 0 Å². The average molecular weight is 1730 g/mol. The van der Waals surface area contributed by atoms with Crippen LogP contribution in [0.4, 0.5) is 81.0 Å². The van der Waals surface area contributed by atoms with Gasteiger partial charge < -0.3 is 86.5 Å². The highest BCUT2D eigenvalue weighted by atomic mass is 32.1. The first-order chi connectivity index (χ1) is 60.2. The zero-order chi connectivity index (χ0) is 88.3. The number of nitrogens with zero attached hydrogens (tertiary/aromatic N) is 17. The molecule has 6 atom stereocenters. The number of likely N-dealkylation sites (N-methyl/N-ethyl adjacent to an activating group) is 2. The van der Waals surface area contributed by atoms with Gasteiger partial charge >= 0.3 is 0 Å². The van der Waals surface area contributed by atoms with E-state index in [-0.39, 0.29) is 143 Å². The third-order valence-corrected chi connectivity index (χ3v) is 25.5. The van der Waals surface area contributed by atoms with Gasteiger partial charge in [-0.05, 0) is 107 Å². The summed E-state index contributed by atoms with van der Waals surface area (Å²) in [6.07, 6.45) is 20.8. The number of allylic oxidation sites excluding steroid dienone is 2. The number of fused-ring (bicyclic) bond motifs is 5. The maximum absolute atomic E-state index is 15.5. The molecule has 0 bridgehead atoms. The molecule has 32 nitrogen and oxygen atoms in total. The molecule has 7 aromatic heterocycles. The predicted molar refractivity (Wildman–Crippen MR) is 472 cm³/mol. The fourth-order valence-corrected chi connectivity index (χ4v) is 18.5. The molecule has 1 aromatic carbocycles. The van der Waals surface area contributed by atoms with E-state index in [2.05, 4.69) is 132 Å². The van der Waals surface area contributed by atoms with Crippen molar-refractivity contribution in [3.8, 4) is 10.6 Å². The molecule has 17 heterocycles. The summed E-state index contributed by atoms with van der Waals surface area (Å²) in [6, 6.07) is 7.91. The number of morpholine rings is 1. The number of aryl methyl sites for hydroxylation is 3. The van der Waals surface area contributed by atoms with Crippen molar-refractivity contribution in [2.75, 3.05) is 134 Å². The van der Waals surface area contributed by atoms with Crippen LogP contribution in [0.5, 0.6) is 0 Å². The third-order valence-electron chi connectivity index (χ3n) is 24.6. The van der Waals surface area contributed by atoms with Crippen LogP contribution in [0.2, 0.25) is 0 Å². The molecule has 656 valence electrons. The summed E-state index contributed by atoms with van der Waals surface area (Å²) in [5, 5.41) is 32.6. The lowest BCUT2D eigenvalue weighted by atomic mass is 9.99. The third kappa shape index (κ3) is 18.0. The number of amides is 6. The van der Waals surface area contributed by atoms with Crippen LogP contribution in [0.3, 0.4) is 0 Å². The van der Waals surface area contributed by atoms with Gasteiger partial charge in [0.25, 0.3) is 23.6 Å². The molecule has 37 heteroatoms. The Labute approximate surface area is 725 Å². The van der Waals surface area contributed by atoms with Crippen molar-refractivity contribution in [1.29, 1.82) is 0 Å². The second kappa shape index (κ2) is 37.1. The first-order valence-corrected chi connectivity index (χ1v) is 42.6. The van der Waals surface area contributed by atoms with Gasteiger partial charge in [0.1, 0.15) is 17.5 Å². The molecule has 8 N–H and O–H groups in total. The lowest BCUT2D eigenvalue weighted by molar-refractivity contribution is -0.129. The van der Waals surface area contributed by atoms with Crippen LogP contribution in [0.1, 0.15) is 121 Å². The maximum Gasteiger partial charge on any atom is 0.255 e. The molecule has 0 radical (unpaired) electrons. The van der Waals surface area contributed by atoms with Gasteiger partial charge in [0.2, 0.25) is 11.8 Å². The normalized spacial score (nSPS) is 20.1. The van der Waals surface area contributed by atoms with Gasteiger partial charge in [-0.3, -0.25) is 38.1 Å². The smallest absolute Gasteiger partial charge is 0.255 e. The second-order valence-electron chi connectivity index (χ2n) is 32.4. The van der Waals surface area contributed by atoms with Crippen molar-refractivity contribution in [3.05, 3.63) is 203 Å². The Hall–Kier alpha value is -13.2. The van der Waals surface area contributed by atoms with Crippen LogP contribution in [-0.2, 0) is 54.6 Å². The number of nitrogens with one attached hydrogen (secondary N) is 8. The van der Waals surface area contributed by atoms with E-state index in [1.165, 1.54) is 23.5 Å². The summed E-state index contributed by atoms with van der Waals surface area (Å²) in [4.78, 5) is 113. The molecule has 6 saturated heterocycles. The Bertz CT molecular complexity index is 5570. The lowest BCUT2D eigenvalue weighted by Crippen LogP contribution is -2.49. The number of ether oxygens (including phenoxy) is 1. The molecule has 0 saturated carbocycles. The number of hydrogen-bond donors (Lipinski definition) is 8. The summed E-state index contributed by atoms with van der Waals surface area (Å²) < 4.78 is 70.4. The van der Waals surface area contributed by atoms with Gasteiger partial charge in [0.15, 0.2) is 46.5 Å². The van der Waals surface area contributed by atoms with Crippen LogP contribution >= 0.6 is 11.3 Å². The van der Waals surface area contributed by atoms with Gasteiger partial charge in [-0.15, -0.1) is 11.3 Å². The van der Waals surface area contributed by atoms with Gasteiger partial charge in [0.05, 0.1) is 80.9 Å². The monoisotopic (exact) mass is 1730 g/mol. The van der Waals surface area contributed by atoms with E-state index in [0.29, 0.717) is 103 Å². The summed E-state index contributed by atoms with van der Waals surface area (Å²) in [7, 11) is 7.30. The number of aromatic nitrogens is 9. The van der Waals surface area contributed by atoms with Crippen molar-refractivity contribution < 1.29 is 51.1 Å². The van der Waals surface area contributed by atoms with Crippen molar-refractivity contribution in [1.82, 2.24) is 85.3 Å². The van der Waals surface area contributed by atoms with E-state index >= 15 is 17.6 Å². The number of piperidine rings is 3. The van der Waals surface area contributed by atoms with Crippen LogP contribution in [0.15, 0.2) is 130 Å². The Balaban J connectivity index is 0.000000129. The minimum Gasteiger partial charge on any atom is -0.378 e. The highest BCUT2D eigenvalue weighted by molar-refractivity contribution is 7.15. The van der Waals surface area contributed by atoms with Gasteiger partial charge in [0, 0.05) is 214 Å². The molecular formula is C88H103F4N25O7S. The molecule has 10 aliphatic rings. The largest absolute Gasteiger partial charge is 0.378 e. The quantitative estimate of drug-likeness (QED) is 0.0188. The van der Waals surface area contributed by atoms with Gasteiger partial charge in [-0.2, -0.15) is 10.2 Å². The molecule has 8 aromatic rings. The average Bonchev–Trinajstić information content (AvgIpc) is 1.59. The highest BCUT2D eigenvalue weighted by Crippen LogP contribution is 2.43. The number of rotatable bonds is 21. The second-order valence-corrected chi connectivity index (χ2v) is 33.7. The number of likely N-dealkylation sites (tertiary alicyclic amines) is 4. The standard InChI is InChI=1S/C26H31FN6O3.C21H26FN7O.C21H24FN5OS.C20H22FN7O2/c1-3-21(34)33-15-18(5-4-16(33)2)30-25-23(27)20-14-28-26(35)22(20)24(31-25)29-17-6-8-19(9-7-17)32-10-12-36-13-11-32;1-5-13(2)29-8-6-7-15(12-29)28(4)20-18(22)16-10-23-21(30)17(16)19(26-20)25-14-9-24-27(3)11-14;1-5-12(2)27-8-6-7-14(11-27)26(4)20-18(22)15-9-24-21(28)17(15)19(25-20)16-10-23-13(3)29-16;1-3-15(29)27-8-11-4-5-28(14(11)10-27)19-17(21)13-7-22-20(30)16(13)18(25-19)24-12-6-23-26(2)9-12/h3,6-9,16,18H,1,4-5,10-15H2,2H3,(H,28,35)(H2,29,30,31);5,9,11,15H,1-2,6-8,10,12H2,3-4H3,(H,23,30)(H,25,26);5,10,14H,1-2,6-9,11H2,3-4H3,(H,24,28);3,6,9,11,14H,1,4-5,7-8,10H2,2H3,(H,22,30)(H,24,25). The summed E-state index contributed by atoms with van der Waals surface area (Å²) in [5.74, 6) is -1.48. The van der Waals surface area contributed by atoms with Gasteiger partial charge in [-0.1, -0.05) is 39.5 Å². The van der Waals surface area contributed by atoms with Crippen LogP contribution < -0.4 is 62.1 Å². The number of carbonyl (C=O) groups is 6. The Morgan fingerprint density at radius 1 is 0.552 bits per heavy atom. The van der Waals surface area contributed by atoms with E-state index < -0.39 is 23.3 Å². The van der Waals surface area contributed by atoms with Crippen LogP contribution in [-0.4, -0.2) is 222 Å². The number of halogens is 4. The molecule has 125 heavy (non-hydrogen) atoms. The van der Waals surface area contributed by atoms with Crippen LogP contribution in [0.25, 0.3) is 10.6 Å². The SMILES string of the molecule is C=CC(=C)N1CCCC(N(C)c2nc(-c3cnc(C)s3)c3c(c2F)CNC3=O)C1.C=CC(=C)N1CCCC(N(C)c2nc(Nc3cnn(C)c3)c3c(c2F)CNC3=O)C1.C=CC(=O)N1CC(Nc2nc(Nc3ccc(N4CCOCC4)cc3)c3c(c2F)CNC3=O)CCC1C.C=CC(=O)N1CC2CCN(c3nc(Nc4cnn(C)c4)c4c(c3F)CNC4=O)C2C1.